The van der Waals surface area contributed by atoms with Gasteiger partial charge in [0.05, 0.1) is 18.2 Å². The summed E-state index contributed by atoms with van der Waals surface area (Å²) in [5, 5.41) is 0.480. The van der Waals surface area contributed by atoms with Crippen LogP contribution < -0.4 is 4.90 Å². The van der Waals surface area contributed by atoms with Gasteiger partial charge in [0.25, 0.3) is 5.91 Å². The Bertz CT molecular complexity index is 959. The van der Waals surface area contributed by atoms with Crippen LogP contribution in [0.4, 0.5) is 5.69 Å². The molecule has 2 atom stereocenters. The first kappa shape index (κ1) is 19.8. The van der Waals surface area contributed by atoms with Crippen LogP contribution in [0.3, 0.4) is 0 Å². The Hall–Kier alpha value is -2.50. The summed E-state index contributed by atoms with van der Waals surface area (Å²) in [5.74, 6) is -1.21. The van der Waals surface area contributed by atoms with Crippen LogP contribution in [0.1, 0.15) is 41.6 Å². The number of nitrogens with zero attached hydrogens (tertiary/aromatic N) is 3. The molecule has 2 amide bonds. The zero-order valence-corrected chi connectivity index (χ0v) is 17.2. The lowest BCUT2D eigenvalue weighted by Crippen LogP contribution is -2.45. The highest BCUT2D eigenvalue weighted by Crippen LogP contribution is 2.32. The van der Waals surface area contributed by atoms with E-state index in [9.17, 15) is 9.59 Å². The Labute approximate surface area is 176 Å². The zero-order chi connectivity index (χ0) is 20.4. The number of likely N-dealkylation sites (N-methyl/N-ethyl adjacent to an activating group) is 1. The minimum atomic E-state index is -0.584. The van der Waals surface area contributed by atoms with Gasteiger partial charge < -0.3 is 0 Å². The highest BCUT2D eigenvalue weighted by molar-refractivity contribution is 6.32. The molecule has 1 fully saturated rings. The van der Waals surface area contributed by atoms with Gasteiger partial charge in [-0.1, -0.05) is 42.8 Å². The van der Waals surface area contributed by atoms with Crippen LogP contribution in [0.2, 0.25) is 5.02 Å². The number of fused-ring (bicyclic) bond motifs is 1. The molecular weight excluding hydrogens is 386 g/mol. The molecule has 0 bridgehead atoms. The third kappa shape index (κ3) is 3.85. The molecule has 1 saturated heterocycles. The molecule has 2 aliphatic heterocycles. The molecule has 1 unspecified atom stereocenters. The second kappa shape index (κ2) is 8.47. The van der Waals surface area contributed by atoms with Gasteiger partial charge in [0, 0.05) is 22.8 Å². The topological polar surface area (TPSA) is 53.0 Å². The smallest absolute Gasteiger partial charge is 0.265 e. The van der Waals surface area contributed by atoms with E-state index in [-0.39, 0.29) is 11.8 Å². The molecule has 2 aromatic carbocycles. The number of rotatable bonds is 5. The summed E-state index contributed by atoms with van der Waals surface area (Å²) in [4.78, 5) is 34.7. The van der Waals surface area contributed by atoms with Crippen molar-refractivity contribution < 1.29 is 9.59 Å². The highest BCUT2D eigenvalue weighted by Gasteiger charge is 2.38. The summed E-state index contributed by atoms with van der Waals surface area (Å²) < 4.78 is 0. The van der Waals surface area contributed by atoms with Crippen molar-refractivity contribution in [3.63, 3.8) is 0 Å². The van der Waals surface area contributed by atoms with E-state index in [1.54, 1.807) is 36.5 Å². The van der Waals surface area contributed by atoms with Crippen molar-refractivity contribution in [3.8, 4) is 0 Å². The maximum atomic E-state index is 13.3. The largest absolute Gasteiger partial charge is 0.299 e. The predicted molar refractivity (Wildman–Crippen MR) is 116 cm³/mol. The average Bonchev–Trinajstić information content (AvgIpc) is 3.18. The van der Waals surface area contributed by atoms with Crippen LogP contribution >= 0.6 is 11.6 Å². The van der Waals surface area contributed by atoms with Crippen molar-refractivity contribution in [3.05, 3.63) is 64.7 Å². The quantitative estimate of drug-likeness (QED) is 0.550. The number of amides is 2. The number of carbonyl (C=O) groups excluding carboxylic acids is 2. The molecule has 2 aliphatic rings. The first-order valence-electron chi connectivity index (χ1n) is 10.1. The van der Waals surface area contributed by atoms with E-state index >= 15 is 0 Å². The van der Waals surface area contributed by atoms with E-state index in [1.807, 2.05) is 18.2 Å². The molecule has 150 valence electrons. The molecule has 5 nitrogen and oxygen atoms in total. The monoisotopic (exact) mass is 409 g/mol. The van der Waals surface area contributed by atoms with E-state index in [0.29, 0.717) is 34.4 Å². The second-order valence-electron chi connectivity index (χ2n) is 7.46. The van der Waals surface area contributed by atoms with Crippen LogP contribution in [0.25, 0.3) is 0 Å². The van der Waals surface area contributed by atoms with Crippen molar-refractivity contribution in [2.24, 2.45) is 4.99 Å². The highest BCUT2D eigenvalue weighted by atomic mass is 35.5. The fourth-order valence-electron chi connectivity index (χ4n) is 4.27. The Morgan fingerprint density at radius 3 is 2.79 bits per heavy atom. The first-order chi connectivity index (χ1) is 14.1. The number of imide groups is 1. The summed E-state index contributed by atoms with van der Waals surface area (Å²) >= 11 is 6.10. The van der Waals surface area contributed by atoms with Crippen molar-refractivity contribution in [1.82, 2.24) is 4.90 Å². The van der Waals surface area contributed by atoms with E-state index in [1.165, 1.54) is 11.3 Å². The second-order valence-corrected chi connectivity index (χ2v) is 7.90. The van der Waals surface area contributed by atoms with E-state index in [0.717, 1.165) is 19.5 Å². The summed E-state index contributed by atoms with van der Waals surface area (Å²) in [6.07, 6.45) is 4.04. The van der Waals surface area contributed by atoms with Gasteiger partial charge in [-0.2, -0.15) is 0 Å². The summed E-state index contributed by atoms with van der Waals surface area (Å²) in [6.45, 7) is 4.96. The van der Waals surface area contributed by atoms with Crippen LogP contribution in [-0.2, 0) is 4.79 Å². The van der Waals surface area contributed by atoms with Crippen LogP contribution in [-0.4, -0.2) is 48.6 Å². The molecule has 0 radical (unpaired) electrons. The fraction of sp³-hybridized carbons (Fsp3) is 0.348. The Morgan fingerprint density at radius 1 is 1.17 bits per heavy atom. The van der Waals surface area contributed by atoms with Crippen molar-refractivity contribution in [2.75, 3.05) is 24.5 Å². The molecule has 2 aromatic rings. The van der Waals surface area contributed by atoms with Gasteiger partial charge >= 0.3 is 0 Å². The number of hydrogen-bond acceptors (Lipinski definition) is 4. The van der Waals surface area contributed by atoms with E-state index < -0.39 is 5.92 Å². The number of aliphatic imine (C=N–C) groups is 1. The number of likely N-dealkylation sites (tertiary alicyclic amines) is 1. The Kier molecular flexibility index (Phi) is 5.79. The third-order valence-corrected chi connectivity index (χ3v) is 5.99. The number of benzene rings is 2. The molecule has 2 heterocycles. The summed E-state index contributed by atoms with van der Waals surface area (Å²) in [7, 11) is 0. The number of carbonyl (C=O) groups is 2. The lowest BCUT2D eigenvalue weighted by Gasteiger charge is -2.31. The minimum Gasteiger partial charge on any atom is -0.299 e. The molecular formula is C23H24ClN3O2. The predicted octanol–water partition coefficient (Wildman–Crippen LogP) is 4.17. The third-order valence-electron chi connectivity index (χ3n) is 5.76. The van der Waals surface area contributed by atoms with Crippen LogP contribution in [0, 0.1) is 0 Å². The van der Waals surface area contributed by atoms with Gasteiger partial charge in [-0.3, -0.25) is 19.5 Å². The Morgan fingerprint density at radius 2 is 2.00 bits per heavy atom. The van der Waals surface area contributed by atoms with Crippen molar-refractivity contribution in [1.29, 1.82) is 0 Å². The van der Waals surface area contributed by atoms with Crippen molar-refractivity contribution in [2.45, 2.75) is 31.7 Å². The van der Waals surface area contributed by atoms with Gasteiger partial charge in [0.1, 0.15) is 0 Å². The van der Waals surface area contributed by atoms with Crippen LogP contribution in [0.15, 0.2) is 53.5 Å². The van der Waals surface area contributed by atoms with Gasteiger partial charge in [0.2, 0.25) is 5.91 Å². The molecule has 0 saturated carbocycles. The maximum Gasteiger partial charge on any atom is 0.265 e. The average molecular weight is 410 g/mol. The maximum absolute atomic E-state index is 13.3. The molecule has 4 rings (SSSR count). The van der Waals surface area contributed by atoms with Gasteiger partial charge in [-0.05, 0) is 55.8 Å². The molecule has 0 aromatic heterocycles. The first-order valence-corrected chi connectivity index (χ1v) is 10.4. The van der Waals surface area contributed by atoms with Crippen molar-refractivity contribution >= 4 is 35.3 Å². The SMILES string of the molecule is CCN1CCC[C@H]1CN=CC1C(=O)N(c2cccc(Cl)c2)C(=O)c2ccccc21. The van der Waals surface area contributed by atoms with E-state index in [2.05, 4.69) is 16.8 Å². The van der Waals surface area contributed by atoms with Gasteiger partial charge in [-0.15, -0.1) is 0 Å². The van der Waals surface area contributed by atoms with Crippen LogP contribution in [0.5, 0.6) is 0 Å². The lowest BCUT2D eigenvalue weighted by atomic mass is 9.89. The van der Waals surface area contributed by atoms with E-state index in [4.69, 9.17) is 11.6 Å². The summed E-state index contributed by atoms with van der Waals surface area (Å²) in [6, 6.07) is 14.5. The number of hydrogen-bond donors (Lipinski definition) is 0. The number of halogens is 1. The van der Waals surface area contributed by atoms with Gasteiger partial charge in [0.15, 0.2) is 0 Å². The summed E-state index contributed by atoms with van der Waals surface area (Å²) in [5.41, 5.74) is 1.72. The molecule has 6 heteroatoms. The molecule has 0 N–H and O–H groups in total. The molecule has 0 aliphatic carbocycles. The Balaban J connectivity index is 1.65. The zero-order valence-electron chi connectivity index (χ0n) is 16.4. The fourth-order valence-corrected chi connectivity index (χ4v) is 4.45. The molecule has 0 spiro atoms. The standard InChI is InChI=1S/C23H24ClN3O2/c1-2-26-12-6-9-18(26)14-25-15-21-19-10-3-4-11-20(19)22(28)27(23(21)29)17-8-5-7-16(24)13-17/h3-5,7-8,10-11,13,15,18,21H,2,6,9,12,14H2,1H3/t18-,21?/m0/s1. The molecule has 29 heavy (non-hydrogen) atoms. The normalized spacial score (nSPS) is 22.5. The minimum absolute atomic E-state index is 0.293. The number of anilines is 1. The van der Waals surface area contributed by atoms with Gasteiger partial charge in [-0.25, -0.2) is 4.90 Å². The lowest BCUT2D eigenvalue weighted by molar-refractivity contribution is -0.118.